The van der Waals surface area contributed by atoms with Gasteiger partial charge in [0.2, 0.25) is 5.91 Å². The average molecular weight is 273 g/mol. The summed E-state index contributed by atoms with van der Waals surface area (Å²) in [6, 6.07) is 7.74. The minimum Gasteiger partial charge on any atom is -0.384 e. The number of hydrogen-bond acceptors (Lipinski definition) is 2. The van der Waals surface area contributed by atoms with E-state index in [2.05, 4.69) is 25.7 Å². The summed E-state index contributed by atoms with van der Waals surface area (Å²) in [5, 5.41) is 8.70. The number of hydrogen-bond donors (Lipinski definition) is 1. The Morgan fingerprint density at radius 2 is 2.05 bits per heavy atom. The zero-order chi connectivity index (χ0) is 15.1. The normalized spacial score (nSPS) is 11.7. The summed E-state index contributed by atoms with van der Waals surface area (Å²) in [5.41, 5.74) is 1.90. The van der Waals surface area contributed by atoms with Gasteiger partial charge in [-0.05, 0) is 23.6 Å². The quantitative estimate of drug-likeness (QED) is 0.855. The van der Waals surface area contributed by atoms with E-state index >= 15 is 0 Å². The second kappa shape index (κ2) is 7.72. The number of aliphatic hydroxyl groups is 1. The Morgan fingerprint density at radius 3 is 2.65 bits per heavy atom. The maximum Gasteiger partial charge on any atom is 0.225 e. The fraction of sp³-hybridized carbons (Fsp3) is 0.471. The molecule has 3 heteroatoms. The van der Waals surface area contributed by atoms with Crippen molar-refractivity contribution < 1.29 is 9.90 Å². The van der Waals surface area contributed by atoms with Gasteiger partial charge in [-0.15, -0.1) is 0 Å². The lowest BCUT2D eigenvalue weighted by Crippen LogP contribution is -2.33. The zero-order valence-corrected chi connectivity index (χ0v) is 12.7. The van der Waals surface area contributed by atoms with Crippen molar-refractivity contribution in [1.82, 2.24) is 4.90 Å². The molecule has 3 nitrogen and oxygen atoms in total. The number of carbonyl (C=O) groups excluding carboxylic acids is 1. The van der Waals surface area contributed by atoms with Crippen molar-refractivity contribution in [3.05, 3.63) is 35.4 Å². The van der Waals surface area contributed by atoms with E-state index in [1.54, 1.807) is 4.90 Å². The lowest BCUT2D eigenvalue weighted by atomic mass is 9.96. The van der Waals surface area contributed by atoms with Gasteiger partial charge in [-0.3, -0.25) is 4.79 Å². The number of nitrogens with zero attached hydrogens (tertiary/aromatic N) is 1. The molecule has 108 valence electrons. The van der Waals surface area contributed by atoms with Crippen LogP contribution in [0.25, 0.3) is 0 Å². The van der Waals surface area contributed by atoms with Crippen LogP contribution in [0.1, 0.15) is 31.9 Å². The largest absolute Gasteiger partial charge is 0.384 e. The van der Waals surface area contributed by atoms with Crippen molar-refractivity contribution in [2.24, 2.45) is 11.8 Å². The van der Waals surface area contributed by atoms with Gasteiger partial charge in [0.25, 0.3) is 0 Å². The third-order valence-corrected chi connectivity index (χ3v) is 3.42. The zero-order valence-electron chi connectivity index (χ0n) is 12.7. The van der Waals surface area contributed by atoms with Crippen LogP contribution in [0.2, 0.25) is 0 Å². The van der Waals surface area contributed by atoms with Crippen molar-refractivity contribution in [2.75, 3.05) is 13.7 Å². The topological polar surface area (TPSA) is 40.5 Å². The van der Waals surface area contributed by atoms with E-state index in [4.69, 9.17) is 5.11 Å². The van der Waals surface area contributed by atoms with Crippen LogP contribution in [-0.4, -0.2) is 29.6 Å². The second-order valence-electron chi connectivity index (χ2n) is 5.39. The SMILES string of the molecule is CC(C)C(C)C(=O)N(C)Cc1cccc(C#CCO)c1. The van der Waals surface area contributed by atoms with E-state index in [-0.39, 0.29) is 18.4 Å². The van der Waals surface area contributed by atoms with Gasteiger partial charge in [0.15, 0.2) is 0 Å². The number of benzene rings is 1. The maximum atomic E-state index is 12.2. The van der Waals surface area contributed by atoms with Crippen LogP contribution in [0.5, 0.6) is 0 Å². The van der Waals surface area contributed by atoms with E-state index in [1.807, 2.05) is 38.2 Å². The number of rotatable bonds is 4. The fourth-order valence-electron chi connectivity index (χ4n) is 1.87. The molecular weight excluding hydrogens is 250 g/mol. The molecule has 1 N–H and O–H groups in total. The average Bonchev–Trinajstić information content (AvgIpc) is 2.43. The van der Waals surface area contributed by atoms with Gasteiger partial charge in [-0.1, -0.05) is 44.7 Å². The van der Waals surface area contributed by atoms with Crippen LogP contribution in [-0.2, 0) is 11.3 Å². The third-order valence-electron chi connectivity index (χ3n) is 3.42. The van der Waals surface area contributed by atoms with E-state index in [9.17, 15) is 4.79 Å². The summed E-state index contributed by atoms with van der Waals surface area (Å²) in [6.45, 7) is 6.51. The summed E-state index contributed by atoms with van der Waals surface area (Å²) in [6.07, 6.45) is 0. The molecular formula is C17H23NO2. The van der Waals surface area contributed by atoms with Gasteiger partial charge in [0, 0.05) is 25.1 Å². The molecule has 0 aliphatic rings. The van der Waals surface area contributed by atoms with Crippen molar-refractivity contribution in [3.8, 4) is 11.8 Å². The van der Waals surface area contributed by atoms with Gasteiger partial charge in [0.05, 0.1) is 0 Å². The molecule has 1 aromatic rings. The molecule has 1 atom stereocenters. The summed E-state index contributed by atoms with van der Waals surface area (Å²) in [7, 11) is 1.83. The van der Waals surface area contributed by atoms with Crippen LogP contribution in [0.3, 0.4) is 0 Å². The minimum absolute atomic E-state index is 0.0253. The first-order valence-electron chi connectivity index (χ1n) is 6.89. The van der Waals surface area contributed by atoms with E-state index < -0.39 is 0 Å². The van der Waals surface area contributed by atoms with E-state index in [1.165, 1.54) is 0 Å². The predicted molar refractivity (Wildman–Crippen MR) is 80.9 cm³/mol. The molecule has 0 saturated carbocycles. The lowest BCUT2D eigenvalue weighted by molar-refractivity contribution is -0.135. The van der Waals surface area contributed by atoms with Crippen molar-refractivity contribution >= 4 is 5.91 Å². The van der Waals surface area contributed by atoms with Crippen LogP contribution in [0.15, 0.2) is 24.3 Å². The second-order valence-corrected chi connectivity index (χ2v) is 5.39. The highest BCUT2D eigenvalue weighted by atomic mass is 16.2. The fourth-order valence-corrected chi connectivity index (χ4v) is 1.87. The molecule has 0 heterocycles. The summed E-state index contributed by atoms with van der Waals surface area (Å²) in [4.78, 5) is 14.0. The first-order chi connectivity index (χ1) is 9.45. The van der Waals surface area contributed by atoms with E-state index in [0.29, 0.717) is 12.5 Å². The molecule has 0 aliphatic heterocycles. The third kappa shape index (κ3) is 4.71. The van der Waals surface area contributed by atoms with Crippen LogP contribution >= 0.6 is 0 Å². The molecule has 1 aromatic carbocycles. The first-order valence-corrected chi connectivity index (χ1v) is 6.89. The Labute approximate surface area is 121 Å². The predicted octanol–water partition coefficient (Wildman–Crippen LogP) is 2.28. The highest BCUT2D eigenvalue weighted by molar-refractivity contribution is 5.78. The molecule has 0 spiro atoms. The van der Waals surface area contributed by atoms with Gasteiger partial charge >= 0.3 is 0 Å². The number of aliphatic hydroxyl groups excluding tert-OH is 1. The van der Waals surface area contributed by atoms with Crippen molar-refractivity contribution in [2.45, 2.75) is 27.3 Å². The molecule has 0 fully saturated rings. The highest BCUT2D eigenvalue weighted by Gasteiger charge is 2.20. The minimum atomic E-state index is -0.144. The molecule has 0 radical (unpaired) electrons. The maximum absolute atomic E-state index is 12.2. The number of amides is 1. The Kier molecular flexibility index (Phi) is 6.27. The molecule has 0 saturated heterocycles. The monoisotopic (exact) mass is 273 g/mol. The van der Waals surface area contributed by atoms with E-state index in [0.717, 1.165) is 11.1 Å². The molecule has 0 bridgehead atoms. The Balaban J connectivity index is 2.75. The van der Waals surface area contributed by atoms with Crippen LogP contribution in [0, 0.1) is 23.7 Å². The smallest absolute Gasteiger partial charge is 0.225 e. The Hall–Kier alpha value is -1.79. The molecule has 0 aliphatic carbocycles. The Morgan fingerprint density at radius 1 is 1.35 bits per heavy atom. The molecule has 1 unspecified atom stereocenters. The van der Waals surface area contributed by atoms with Crippen molar-refractivity contribution in [3.63, 3.8) is 0 Å². The summed E-state index contributed by atoms with van der Waals surface area (Å²) < 4.78 is 0. The molecule has 0 aromatic heterocycles. The van der Waals surface area contributed by atoms with Crippen LogP contribution < -0.4 is 0 Å². The van der Waals surface area contributed by atoms with Gasteiger partial charge in [-0.2, -0.15) is 0 Å². The van der Waals surface area contributed by atoms with Crippen molar-refractivity contribution in [1.29, 1.82) is 0 Å². The lowest BCUT2D eigenvalue weighted by Gasteiger charge is -2.23. The Bertz CT molecular complexity index is 511. The number of carbonyl (C=O) groups is 1. The summed E-state index contributed by atoms with van der Waals surface area (Å²) in [5.74, 6) is 6.02. The van der Waals surface area contributed by atoms with Gasteiger partial charge in [-0.25, -0.2) is 0 Å². The van der Waals surface area contributed by atoms with Gasteiger partial charge < -0.3 is 10.0 Å². The standard InChI is InChI=1S/C17H23NO2/c1-13(2)14(3)17(20)18(4)12-16-8-5-7-15(11-16)9-6-10-19/h5,7-8,11,13-14,19H,10,12H2,1-4H3. The first kappa shape index (κ1) is 16.3. The molecule has 1 amide bonds. The van der Waals surface area contributed by atoms with Gasteiger partial charge in [0.1, 0.15) is 6.61 Å². The molecule has 20 heavy (non-hydrogen) atoms. The highest BCUT2D eigenvalue weighted by Crippen LogP contribution is 2.15. The van der Waals surface area contributed by atoms with Crippen LogP contribution in [0.4, 0.5) is 0 Å². The summed E-state index contributed by atoms with van der Waals surface area (Å²) >= 11 is 0. The molecule has 1 rings (SSSR count).